The number of aromatic nitrogens is 2. The standard InChI is InChI=1S/C11H19N3O3/c1-3-9(17-2)11(16)14(6-7-15)8-10-12-4-5-13-10/h4-5,9,15H,3,6-8H2,1-2H3,(H,12,13). The molecule has 0 aliphatic carbocycles. The molecule has 1 aromatic heterocycles. The van der Waals surface area contributed by atoms with Gasteiger partial charge in [-0.25, -0.2) is 4.98 Å². The van der Waals surface area contributed by atoms with Crippen molar-refractivity contribution in [1.29, 1.82) is 0 Å². The zero-order valence-corrected chi connectivity index (χ0v) is 10.2. The fourth-order valence-electron chi connectivity index (χ4n) is 1.60. The van der Waals surface area contributed by atoms with Gasteiger partial charge < -0.3 is 19.7 Å². The van der Waals surface area contributed by atoms with Crippen LogP contribution in [0.25, 0.3) is 0 Å². The minimum Gasteiger partial charge on any atom is -0.395 e. The van der Waals surface area contributed by atoms with Crippen molar-refractivity contribution >= 4 is 5.91 Å². The summed E-state index contributed by atoms with van der Waals surface area (Å²) in [6, 6.07) is 0. The fraction of sp³-hybridized carbons (Fsp3) is 0.636. The molecule has 1 aromatic rings. The van der Waals surface area contributed by atoms with Crippen LogP contribution in [0.2, 0.25) is 0 Å². The lowest BCUT2D eigenvalue weighted by Crippen LogP contribution is -2.41. The summed E-state index contributed by atoms with van der Waals surface area (Å²) in [5.41, 5.74) is 0. The Bertz CT molecular complexity index is 323. The molecule has 0 radical (unpaired) electrons. The molecule has 1 atom stereocenters. The van der Waals surface area contributed by atoms with E-state index in [1.54, 1.807) is 12.4 Å². The molecule has 96 valence electrons. The van der Waals surface area contributed by atoms with Crippen molar-refractivity contribution in [3.8, 4) is 0 Å². The number of H-pyrrole nitrogens is 1. The Morgan fingerprint density at radius 1 is 1.71 bits per heavy atom. The number of aliphatic hydroxyl groups excluding tert-OH is 1. The predicted octanol–water partition coefficient (Wildman–Crippen LogP) is 0.156. The lowest BCUT2D eigenvalue weighted by atomic mass is 10.2. The van der Waals surface area contributed by atoms with Gasteiger partial charge in [0.2, 0.25) is 0 Å². The van der Waals surface area contributed by atoms with Crippen LogP contribution in [-0.4, -0.2) is 52.2 Å². The Labute approximate surface area is 101 Å². The van der Waals surface area contributed by atoms with E-state index >= 15 is 0 Å². The maximum Gasteiger partial charge on any atom is 0.252 e. The zero-order valence-electron chi connectivity index (χ0n) is 10.2. The van der Waals surface area contributed by atoms with Crippen molar-refractivity contribution in [2.45, 2.75) is 26.0 Å². The Morgan fingerprint density at radius 2 is 2.47 bits per heavy atom. The van der Waals surface area contributed by atoms with Gasteiger partial charge in [-0.3, -0.25) is 4.79 Å². The normalized spacial score (nSPS) is 12.4. The van der Waals surface area contributed by atoms with Crippen LogP contribution in [0.3, 0.4) is 0 Å². The van der Waals surface area contributed by atoms with Gasteiger partial charge in [-0.1, -0.05) is 6.92 Å². The molecule has 0 fully saturated rings. The third-order valence-corrected chi connectivity index (χ3v) is 2.51. The number of aromatic amines is 1. The molecule has 0 spiro atoms. The Hall–Kier alpha value is -1.40. The summed E-state index contributed by atoms with van der Waals surface area (Å²) in [6.45, 7) is 2.44. The number of ether oxygens (including phenoxy) is 1. The van der Waals surface area contributed by atoms with E-state index in [-0.39, 0.29) is 19.1 Å². The van der Waals surface area contributed by atoms with Gasteiger partial charge in [0.25, 0.3) is 5.91 Å². The van der Waals surface area contributed by atoms with Gasteiger partial charge in [0.15, 0.2) is 0 Å². The van der Waals surface area contributed by atoms with Gasteiger partial charge in [0, 0.05) is 26.0 Å². The molecule has 0 aliphatic heterocycles. The number of hydrogen-bond donors (Lipinski definition) is 2. The van der Waals surface area contributed by atoms with Crippen LogP contribution >= 0.6 is 0 Å². The first-order valence-electron chi connectivity index (χ1n) is 5.63. The van der Waals surface area contributed by atoms with Gasteiger partial charge in [0.1, 0.15) is 11.9 Å². The number of amides is 1. The van der Waals surface area contributed by atoms with Crippen molar-refractivity contribution in [3.63, 3.8) is 0 Å². The number of rotatable bonds is 7. The summed E-state index contributed by atoms with van der Waals surface area (Å²) in [6.07, 6.45) is 3.47. The third-order valence-electron chi connectivity index (χ3n) is 2.51. The van der Waals surface area contributed by atoms with Gasteiger partial charge in [0.05, 0.1) is 13.2 Å². The minimum atomic E-state index is -0.462. The first kappa shape index (κ1) is 13.7. The van der Waals surface area contributed by atoms with E-state index in [4.69, 9.17) is 9.84 Å². The molecule has 1 unspecified atom stereocenters. The number of hydrogen-bond acceptors (Lipinski definition) is 4. The van der Waals surface area contributed by atoms with E-state index in [2.05, 4.69) is 9.97 Å². The summed E-state index contributed by atoms with van der Waals surface area (Å²) >= 11 is 0. The maximum absolute atomic E-state index is 12.1. The lowest BCUT2D eigenvalue weighted by Gasteiger charge is -2.24. The topological polar surface area (TPSA) is 78.4 Å². The van der Waals surface area contributed by atoms with E-state index in [1.165, 1.54) is 12.0 Å². The summed E-state index contributed by atoms with van der Waals surface area (Å²) in [4.78, 5) is 20.6. The Balaban J connectivity index is 2.67. The van der Waals surface area contributed by atoms with Crippen molar-refractivity contribution in [3.05, 3.63) is 18.2 Å². The Kier molecular flexibility index (Phi) is 5.65. The summed E-state index contributed by atoms with van der Waals surface area (Å²) in [5, 5.41) is 8.98. The van der Waals surface area contributed by atoms with Crippen molar-refractivity contribution < 1.29 is 14.6 Å². The number of carbonyl (C=O) groups is 1. The number of carbonyl (C=O) groups excluding carboxylic acids is 1. The van der Waals surface area contributed by atoms with Crippen LogP contribution < -0.4 is 0 Å². The monoisotopic (exact) mass is 241 g/mol. The van der Waals surface area contributed by atoms with Crippen LogP contribution in [0.4, 0.5) is 0 Å². The average molecular weight is 241 g/mol. The molecule has 0 saturated carbocycles. The smallest absolute Gasteiger partial charge is 0.252 e. The predicted molar refractivity (Wildman–Crippen MR) is 62.2 cm³/mol. The third kappa shape index (κ3) is 3.83. The molecule has 0 aliphatic rings. The largest absolute Gasteiger partial charge is 0.395 e. The molecule has 0 bridgehead atoms. The second-order valence-corrected chi connectivity index (χ2v) is 3.65. The van der Waals surface area contributed by atoms with Crippen molar-refractivity contribution in [2.75, 3.05) is 20.3 Å². The highest BCUT2D eigenvalue weighted by atomic mass is 16.5. The first-order chi connectivity index (χ1) is 8.22. The number of imidazole rings is 1. The van der Waals surface area contributed by atoms with Gasteiger partial charge >= 0.3 is 0 Å². The summed E-state index contributed by atoms with van der Waals surface area (Å²) in [7, 11) is 1.51. The van der Waals surface area contributed by atoms with Crippen LogP contribution in [0.5, 0.6) is 0 Å². The number of methoxy groups -OCH3 is 1. The molecule has 1 rings (SSSR count). The quantitative estimate of drug-likeness (QED) is 0.712. The van der Waals surface area contributed by atoms with E-state index < -0.39 is 6.10 Å². The molecule has 6 heteroatoms. The highest BCUT2D eigenvalue weighted by Crippen LogP contribution is 2.06. The van der Waals surface area contributed by atoms with Crippen LogP contribution in [0, 0.1) is 0 Å². The fourth-order valence-corrected chi connectivity index (χ4v) is 1.60. The van der Waals surface area contributed by atoms with Crippen molar-refractivity contribution in [1.82, 2.24) is 14.9 Å². The molecular formula is C11H19N3O3. The highest BCUT2D eigenvalue weighted by Gasteiger charge is 2.22. The van der Waals surface area contributed by atoms with Gasteiger partial charge in [-0.15, -0.1) is 0 Å². The number of nitrogens with zero attached hydrogens (tertiary/aromatic N) is 2. The number of aliphatic hydroxyl groups is 1. The SMILES string of the molecule is CCC(OC)C(=O)N(CCO)Cc1ncc[nH]1. The van der Waals surface area contributed by atoms with Crippen LogP contribution in [0.15, 0.2) is 12.4 Å². The molecule has 0 aromatic carbocycles. The lowest BCUT2D eigenvalue weighted by molar-refractivity contribution is -0.143. The molecular weight excluding hydrogens is 222 g/mol. The zero-order chi connectivity index (χ0) is 12.7. The van der Waals surface area contributed by atoms with Crippen LogP contribution in [0.1, 0.15) is 19.2 Å². The van der Waals surface area contributed by atoms with E-state index in [0.717, 1.165) is 0 Å². The summed E-state index contributed by atoms with van der Waals surface area (Å²) in [5.74, 6) is 0.568. The molecule has 2 N–H and O–H groups in total. The van der Waals surface area contributed by atoms with Crippen molar-refractivity contribution in [2.24, 2.45) is 0 Å². The Morgan fingerprint density at radius 3 is 2.94 bits per heavy atom. The molecule has 1 amide bonds. The van der Waals surface area contributed by atoms with E-state index in [9.17, 15) is 4.79 Å². The van der Waals surface area contributed by atoms with Gasteiger partial charge in [-0.2, -0.15) is 0 Å². The minimum absolute atomic E-state index is 0.0768. The van der Waals surface area contributed by atoms with E-state index in [1.807, 2.05) is 6.92 Å². The average Bonchev–Trinajstić information content (AvgIpc) is 2.83. The second-order valence-electron chi connectivity index (χ2n) is 3.65. The van der Waals surface area contributed by atoms with Gasteiger partial charge in [-0.05, 0) is 6.42 Å². The highest BCUT2D eigenvalue weighted by molar-refractivity contribution is 5.80. The number of nitrogens with one attached hydrogen (secondary N) is 1. The maximum atomic E-state index is 12.1. The first-order valence-corrected chi connectivity index (χ1v) is 5.63. The van der Waals surface area contributed by atoms with Crippen LogP contribution in [-0.2, 0) is 16.1 Å². The molecule has 6 nitrogen and oxygen atoms in total. The molecule has 17 heavy (non-hydrogen) atoms. The summed E-state index contributed by atoms with van der Waals surface area (Å²) < 4.78 is 5.10. The molecule has 0 saturated heterocycles. The second kappa shape index (κ2) is 7.03. The van der Waals surface area contributed by atoms with E-state index in [0.29, 0.717) is 18.8 Å². The molecule has 1 heterocycles.